The van der Waals surface area contributed by atoms with Crippen molar-refractivity contribution >= 4 is 5.91 Å². The summed E-state index contributed by atoms with van der Waals surface area (Å²) in [5.74, 6) is 0.484. The minimum absolute atomic E-state index is 0.150. The predicted octanol–water partition coefficient (Wildman–Crippen LogP) is 1.69. The third-order valence-corrected chi connectivity index (χ3v) is 3.94. The number of nitrogens with two attached hydrogens (primary N) is 1. The lowest BCUT2D eigenvalue weighted by atomic mass is 10.0. The lowest BCUT2D eigenvalue weighted by molar-refractivity contribution is -0.137. The first-order chi connectivity index (χ1) is 9.04. The van der Waals surface area contributed by atoms with Crippen molar-refractivity contribution in [2.75, 3.05) is 32.7 Å². The number of piperazine rings is 1. The number of hydrogen-bond acceptors (Lipinski definition) is 3. The molecule has 1 aliphatic heterocycles. The van der Waals surface area contributed by atoms with Crippen LogP contribution in [0.15, 0.2) is 0 Å². The highest BCUT2D eigenvalue weighted by molar-refractivity contribution is 5.78. The molecule has 0 aliphatic carbocycles. The van der Waals surface area contributed by atoms with Gasteiger partial charge in [0.25, 0.3) is 0 Å². The van der Waals surface area contributed by atoms with Gasteiger partial charge in [-0.1, -0.05) is 20.3 Å². The highest BCUT2D eigenvalue weighted by Crippen LogP contribution is 2.14. The summed E-state index contributed by atoms with van der Waals surface area (Å²) in [7, 11) is 0. The Morgan fingerprint density at radius 2 is 1.79 bits per heavy atom. The van der Waals surface area contributed by atoms with Gasteiger partial charge in [-0.15, -0.1) is 0 Å². The van der Waals surface area contributed by atoms with Gasteiger partial charge < -0.3 is 10.6 Å². The quantitative estimate of drug-likeness (QED) is 0.765. The second-order valence-electron chi connectivity index (χ2n) is 5.98. The van der Waals surface area contributed by atoms with E-state index < -0.39 is 0 Å². The van der Waals surface area contributed by atoms with Gasteiger partial charge in [0.2, 0.25) is 5.91 Å². The first-order valence-corrected chi connectivity index (χ1v) is 7.81. The van der Waals surface area contributed by atoms with Crippen molar-refractivity contribution < 1.29 is 4.79 Å². The fourth-order valence-corrected chi connectivity index (χ4v) is 2.69. The number of carbonyl (C=O) groups is 1. The zero-order valence-corrected chi connectivity index (χ0v) is 12.9. The summed E-state index contributed by atoms with van der Waals surface area (Å²) >= 11 is 0. The Kier molecular flexibility index (Phi) is 7.39. The van der Waals surface area contributed by atoms with Crippen molar-refractivity contribution in [2.24, 2.45) is 11.7 Å². The summed E-state index contributed by atoms with van der Waals surface area (Å²) in [6, 6.07) is 0.250. The summed E-state index contributed by atoms with van der Waals surface area (Å²) in [6.45, 7) is 11.3. The summed E-state index contributed by atoms with van der Waals surface area (Å²) in [4.78, 5) is 16.8. The molecule has 112 valence electrons. The summed E-state index contributed by atoms with van der Waals surface area (Å²) < 4.78 is 0. The van der Waals surface area contributed by atoms with Crippen LogP contribution < -0.4 is 5.73 Å². The Labute approximate surface area is 118 Å². The van der Waals surface area contributed by atoms with Crippen LogP contribution in [-0.2, 0) is 4.79 Å². The molecule has 1 fully saturated rings. The molecule has 0 aromatic heterocycles. The lowest BCUT2D eigenvalue weighted by Gasteiger charge is -2.35. The van der Waals surface area contributed by atoms with Crippen molar-refractivity contribution in [1.82, 2.24) is 9.80 Å². The number of rotatable bonds is 7. The molecule has 1 amide bonds. The highest BCUT2D eigenvalue weighted by atomic mass is 16.2. The molecular formula is C15H31N3O. The van der Waals surface area contributed by atoms with Crippen molar-refractivity contribution in [2.45, 2.75) is 52.5 Å². The van der Waals surface area contributed by atoms with E-state index in [9.17, 15) is 4.79 Å². The zero-order valence-electron chi connectivity index (χ0n) is 12.9. The average molecular weight is 269 g/mol. The largest absolute Gasteiger partial charge is 0.340 e. The predicted molar refractivity (Wildman–Crippen MR) is 80.0 cm³/mol. The van der Waals surface area contributed by atoms with Crippen LogP contribution in [0.4, 0.5) is 0 Å². The summed E-state index contributed by atoms with van der Waals surface area (Å²) in [5.41, 5.74) is 5.74. The Morgan fingerprint density at radius 3 is 2.32 bits per heavy atom. The molecule has 0 aromatic carbocycles. The molecule has 1 aliphatic rings. The van der Waals surface area contributed by atoms with Crippen LogP contribution >= 0.6 is 0 Å². The Bertz CT molecular complexity index is 260. The maximum atomic E-state index is 12.3. The molecule has 0 saturated carbocycles. The van der Waals surface area contributed by atoms with Gasteiger partial charge in [-0.25, -0.2) is 0 Å². The Hall–Kier alpha value is -0.610. The molecule has 0 aromatic rings. The van der Waals surface area contributed by atoms with Gasteiger partial charge in [0.15, 0.2) is 0 Å². The van der Waals surface area contributed by atoms with E-state index in [1.54, 1.807) is 0 Å². The minimum Gasteiger partial charge on any atom is -0.340 e. The van der Waals surface area contributed by atoms with E-state index in [2.05, 4.69) is 18.7 Å². The maximum Gasteiger partial charge on any atom is 0.225 e. The molecular weight excluding hydrogens is 238 g/mol. The smallest absolute Gasteiger partial charge is 0.225 e. The van der Waals surface area contributed by atoms with Gasteiger partial charge in [0, 0.05) is 38.1 Å². The van der Waals surface area contributed by atoms with Crippen LogP contribution in [0.5, 0.6) is 0 Å². The Morgan fingerprint density at radius 1 is 1.16 bits per heavy atom. The Balaban J connectivity index is 2.26. The number of nitrogens with zero attached hydrogens (tertiary/aromatic N) is 2. The molecule has 1 rings (SSSR count). The zero-order chi connectivity index (χ0) is 14.3. The second kappa shape index (κ2) is 8.54. The van der Waals surface area contributed by atoms with Crippen molar-refractivity contribution in [3.63, 3.8) is 0 Å². The molecule has 4 heteroatoms. The molecule has 2 N–H and O–H groups in total. The average Bonchev–Trinajstić information content (AvgIpc) is 2.38. The van der Waals surface area contributed by atoms with Crippen molar-refractivity contribution in [3.05, 3.63) is 0 Å². The van der Waals surface area contributed by atoms with E-state index in [1.807, 2.05) is 11.8 Å². The van der Waals surface area contributed by atoms with E-state index in [0.717, 1.165) is 52.0 Å². The normalized spacial score (nSPS) is 20.3. The van der Waals surface area contributed by atoms with Crippen LogP contribution in [0.25, 0.3) is 0 Å². The standard InChI is InChI=1S/C15H31N3O/c1-4-8-17-9-11-18(12-10-17)15(19)13(2)6-5-7-14(3)16/h13-14H,4-12,16H2,1-3H3. The van der Waals surface area contributed by atoms with Crippen LogP contribution in [0.1, 0.15) is 46.5 Å². The molecule has 1 heterocycles. The number of amides is 1. The molecule has 0 spiro atoms. The van der Waals surface area contributed by atoms with Crippen LogP contribution in [0.2, 0.25) is 0 Å². The summed E-state index contributed by atoms with van der Waals surface area (Å²) in [6.07, 6.45) is 4.24. The SMILES string of the molecule is CCCN1CCN(C(=O)C(C)CCCC(C)N)CC1. The lowest BCUT2D eigenvalue weighted by Crippen LogP contribution is -2.50. The number of hydrogen-bond donors (Lipinski definition) is 1. The third-order valence-electron chi connectivity index (χ3n) is 3.94. The summed E-state index contributed by atoms with van der Waals surface area (Å²) in [5, 5.41) is 0. The third kappa shape index (κ3) is 5.91. The van der Waals surface area contributed by atoms with E-state index in [4.69, 9.17) is 5.73 Å². The first kappa shape index (κ1) is 16.4. The fourth-order valence-electron chi connectivity index (χ4n) is 2.69. The molecule has 0 bridgehead atoms. The maximum absolute atomic E-state index is 12.3. The van der Waals surface area contributed by atoms with Gasteiger partial charge in [-0.3, -0.25) is 9.69 Å². The molecule has 4 nitrogen and oxygen atoms in total. The molecule has 19 heavy (non-hydrogen) atoms. The van der Waals surface area contributed by atoms with Crippen LogP contribution in [-0.4, -0.2) is 54.5 Å². The minimum atomic E-state index is 0.150. The molecule has 2 unspecified atom stereocenters. The van der Waals surface area contributed by atoms with Crippen LogP contribution in [0.3, 0.4) is 0 Å². The van der Waals surface area contributed by atoms with Crippen LogP contribution in [0, 0.1) is 5.92 Å². The van der Waals surface area contributed by atoms with Gasteiger partial charge in [-0.2, -0.15) is 0 Å². The van der Waals surface area contributed by atoms with Gasteiger partial charge in [-0.05, 0) is 32.7 Å². The van der Waals surface area contributed by atoms with Crippen molar-refractivity contribution in [3.8, 4) is 0 Å². The van der Waals surface area contributed by atoms with E-state index in [1.165, 1.54) is 6.42 Å². The van der Waals surface area contributed by atoms with Gasteiger partial charge in [0.05, 0.1) is 0 Å². The molecule has 1 saturated heterocycles. The fraction of sp³-hybridized carbons (Fsp3) is 0.933. The van der Waals surface area contributed by atoms with Gasteiger partial charge >= 0.3 is 0 Å². The van der Waals surface area contributed by atoms with E-state index >= 15 is 0 Å². The molecule has 2 atom stereocenters. The topological polar surface area (TPSA) is 49.6 Å². The van der Waals surface area contributed by atoms with Crippen molar-refractivity contribution in [1.29, 1.82) is 0 Å². The van der Waals surface area contributed by atoms with Gasteiger partial charge in [0.1, 0.15) is 0 Å². The van der Waals surface area contributed by atoms with E-state index in [0.29, 0.717) is 5.91 Å². The molecule has 0 radical (unpaired) electrons. The van der Waals surface area contributed by atoms with E-state index in [-0.39, 0.29) is 12.0 Å². The second-order valence-corrected chi connectivity index (χ2v) is 5.98. The highest BCUT2D eigenvalue weighted by Gasteiger charge is 2.24. The first-order valence-electron chi connectivity index (χ1n) is 7.81. The monoisotopic (exact) mass is 269 g/mol. The number of carbonyl (C=O) groups excluding carboxylic acids is 1.